The first-order valence-electron chi connectivity index (χ1n) is 5.52. The molecule has 0 amide bonds. The van der Waals surface area contributed by atoms with Gasteiger partial charge in [-0.1, -0.05) is 0 Å². The van der Waals surface area contributed by atoms with Crippen molar-refractivity contribution < 1.29 is 0 Å². The van der Waals surface area contributed by atoms with Gasteiger partial charge in [0, 0.05) is 17.6 Å². The molecule has 0 aromatic carbocycles. The first-order valence-corrected chi connectivity index (χ1v) is 7.13. The van der Waals surface area contributed by atoms with Crippen molar-refractivity contribution in [2.75, 3.05) is 5.32 Å². The first-order chi connectivity index (χ1) is 8.61. The Balaban J connectivity index is 2.15. The lowest BCUT2D eigenvalue weighted by atomic mass is 10.4. The van der Waals surface area contributed by atoms with Gasteiger partial charge in [-0.05, 0) is 29.8 Å². The Morgan fingerprint density at radius 2 is 2.28 bits per heavy atom. The zero-order valence-electron chi connectivity index (χ0n) is 10.1. The minimum atomic E-state index is -0.122. The Morgan fingerprint density at radius 1 is 1.50 bits per heavy atom. The summed E-state index contributed by atoms with van der Waals surface area (Å²) in [5, 5.41) is 8.29. The lowest BCUT2D eigenvalue weighted by Gasteiger charge is -2.08. The van der Waals surface area contributed by atoms with E-state index in [9.17, 15) is 4.79 Å². The number of aromatic nitrogens is 3. The summed E-state index contributed by atoms with van der Waals surface area (Å²) in [4.78, 5) is 17.1. The molecule has 0 aliphatic heterocycles. The molecule has 0 saturated heterocycles. The fraction of sp³-hybridized carbons (Fsp3) is 0.364. The fourth-order valence-electron chi connectivity index (χ4n) is 1.48. The van der Waals surface area contributed by atoms with E-state index in [0.29, 0.717) is 23.2 Å². The molecule has 2 heterocycles. The predicted octanol–water partition coefficient (Wildman–Crippen LogP) is 2.40. The second kappa shape index (κ2) is 5.62. The van der Waals surface area contributed by atoms with Gasteiger partial charge in [0.25, 0.3) is 5.56 Å². The number of rotatable bonds is 4. The Labute approximate surface area is 117 Å². The third-order valence-electron chi connectivity index (χ3n) is 2.41. The fourth-order valence-corrected chi connectivity index (χ4v) is 2.66. The number of nitrogens with one attached hydrogen (secondary N) is 1. The third kappa shape index (κ3) is 2.78. The zero-order chi connectivity index (χ0) is 13.1. The lowest BCUT2D eigenvalue weighted by Crippen LogP contribution is -2.23. The number of thiazole rings is 1. The molecule has 7 heteroatoms. The Bertz CT molecular complexity index is 607. The molecule has 2 aromatic rings. The molecule has 0 aliphatic carbocycles. The predicted molar refractivity (Wildman–Crippen MR) is 76.0 cm³/mol. The van der Waals surface area contributed by atoms with Crippen molar-refractivity contribution in [1.29, 1.82) is 0 Å². The van der Waals surface area contributed by atoms with Crippen molar-refractivity contribution >= 4 is 33.0 Å². The Hall–Kier alpha value is -1.21. The highest BCUT2D eigenvalue weighted by atomic mass is 79.9. The summed E-state index contributed by atoms with van der Waals surface area (Å²) >= 11 is 4.93. The minimum Gasteiger partial charge on any atom is -0.378 e. The SMILES string of the molecule is CCn1ncc(NCc2cnc(C)s2)c(Br)c1=O. The Morgan fingerprint density at radius 3 is 2.89 bits per heavy atom. The molecule has 1 N–H and O–H groups in total. The van der Waals surface area contributed by atoms with Crippen LogP contribution in [-0.2, 0) is 13.1 Å². The van der Waals surface area contributed by atoms with Crippen molar-refractivity contribution in [2.24, 2.45) is 0 Å². The van der Waals surface area contributed by atoms with Gasteiger partial charge < -0.3 is 5.32 Å². The van der Waals surface area contributed by atoms with Gasteiger partial charge in [-0.25, -0.2) is 9.67 Å². The summed E-state index contributed by atoms with van der Waals surface area (Å²) in [6.07, 6.45) is 3.49. The molecule has 96 valence electrons. The van der Waals surface area contributed by atoms with E-state index in [1.165, 1.54) is 4.68 Å². The van der Waals surface area contributed by atoms with Crippen molar-refractivity contribution in [1.82, 2.24) is 14.8 Å². The minimum absolute atomic E-state index is 0.122. The van der Waals surface area contributed by atoms with E-state index >= 15 is 0 Å². The topological polar surface area (TPSA) is 59.8 Å². The van der Waals surface area contributed by atoms with Crippen molar-refractivity contribution in [3.05, 3.63) is 37.1 Å². The molecular formula is C11H13BrN4OS. The highest BCUT2D eigenvalue weighted by molar-refractivity contribution is 9.10. The molecule has 0 fully saturated rings. The molecule has 2 aromatic heterocycles. The van der Waals surface area contributed by atoms with Crippen LogP contribution in [0, 0.1) is 6.92 Å². The molecule has 0 spiro atoms. The van der Waals surface area contributed by atoms with E-state index in [-0.39, 0.29) is 5.56 Å². The standard InChI is InChI=1S/C11H13BrN4OS/c1-3-16-11(17)10(12)9(6-15-16)14-5-8-4-13-7(2)18-8/h4,6,14H,3,5H2,1-2H3. The summed E-state index contributed by atoms with van der Waals surface area (Å²) < 4.78 is 1.92. The van der Waals surface area contributed by atoms with Crippen LogP contribution in [0.15, 0.2) is 21.7 Å². The van der Waals surface area contributed by atoms with Gasteiger partial charge in [0.1, 0.15) is 4.47 Å². The first kappa shape index (κ1) is 13.2. The van der Waals surface area contributed by atoms with Crippen LogP contribution >= 0.6 is 27.3 Å². The molecule has 0 aliphatic rings. The quantitative estimate of drug-likeness (QED) is 0.936. The van der Waals surface area contributed by atoms with Crippen LogP contribution in [0.5, 0.6) is 0 Å². The summed E-state index contributed by atoms with van der Waals surface area (Å²) in [6, 6.07) is 0. The van der Waals surface area contributed by atoms with Crippen molar-refractivity contribution in [3.63, 3.8) is 0 Å². The maximum Gasteiger partial charge on any atom is 0.283 e. The van der Waals surface area contributed by atoms with E-state index < -0.39 is 0 Å². The molecule has 0 bridgehead atoms. The van der Waals surface area contributed by atoms with Gasteiger partial charge in [0.2, 0.25) is 0 Å². The highest BCUT2D eigenvalue weighted by Gasteiger charge is 2.08. The van der Waals surface area contributed by atoms with Gasteiger partial charge in [0.05, 0.1) is 23.4 Å². The molecule has 5 nitrogen and oxygen atoms in total. The Kier molecular flexibility index (Phi) is 4.13. The average Bonchev–Trinajstić information content (AvgIpc) is 2.77. The van der Waals surface area contributed by atoms with Crippen LogP contribution in [0.2, 0.25) is 0 Å². The summed E-state index contributed by atoms with van der Waals surface area (Å²) in [5.74, 6) is 0. The van der Waals surface area contributed by atoms with E-state index in [1.54, 1.807) is 17.5 Å². The third-order valence-corrected chi connectivity index (χ3v) is 4.09. The van der Waals surface area contributed by atoms with Crippen molar-refractivity contribution in [2.45, 2.75) is 26.9 Å². The molecule has 2 rings (SSSR count). The summed E-state index contributed by atoms with van der Waals surface area (Å²) in [6.45, 7) is 5.05. The van der Waals surface area contributed by atoms with Gasteiger partial charge in [-0.2, -0.15) is 5.10 Å². The number of hydrogen-bond donors (Lipinski definition) is 1. The van der Waals surface area contributed by atoms with E-state index in [4.69, 9.17) is 0 Å². The molecule has 0 atom stereocenters. The molecule has 0 radical (unpaired) electrons. The van der Waals surface area contributed by atoms with Gasteiger partial charge in [0.15, 0.2) is 0 Å². The molecule has 0 unspecified atom stereocenters. The normalized spacial score (nSPS) is 10.6. The smallest absolute Gasteiger partial charge is 0.283 e. The number of aryl methyl sites for hydroxylation is 2. The van der Waals surface area contributed by atoms with E-state index in [1.807, 2.05) is 20.0 Å². The van der Waals surface area contributed by atoms with Gasteiger partial charge in [-0.3, -0.25) is 4.79 Å². The van der Waals surface area contributed by atoms with Crippen molar-refractivity contribution in [3.8, 4) is 0 Å². The largest absolute Gasteiger partial charge is 0.378 e. The van der Waals surface area contributed by atoms with E-state index in [0.717, 1.165) is 9.88 Å². The summed E-state index contributed by atoms with van der Waals surface area (Å²) in [7, 11) is 0. The second-order valence-corrected chi connectivity index (χ2v) is 5.80. The molecule has 0 saturated carbocycles. The number of anilines is 1. The second-order valence-electron chi connectivity index (χ2n) is 3.69. The van der Waals surface area contributed by atoms with Crippen LogP contribution in [0.1, 0.15) is 16.8 Å². The highest BCUT2D eigenvalue weighted by Crippen LogP contribution is 2.19. The average molecular weight is 329 g/mol. The van der Waals surface area contributed by atoms with Gasteiger partial charge in [-0.15, -0.1) is 11.3 Å². The summed E-state index contributed by atoms with van der Waals surface area (Å²) in [5.41, 5.74) is 0.582. The lowest BCUT2D eigenvalue weighted by molar-refractivity contribution is 0.613. The number of hydrogen-bond acceptors (Lipinski definition) is 5. The van der Waals surface area contributed by atoms with Crippen LogP contribution < -0.4 is 10.9 Å². The van der Waals surface area contributed by atoms with Crippen LogP contribution in [0.4, 0.5) is 5.69 Å². The van der Waals surface area contributed by atoms with Crippen LogP contribution in [0.25, 0.3) is 0 Å². The zero-order valence-corrected chi connectivity index (χ0v) is 12.5. The van der Waals surface area contributed by atoms with Crippen LogP contribution in [0.3, 0.4) is 0 Å². The molecular weight excluding hydrogens is 316 g/mol. The maximum absolute atomic E-state index is 11.8. The van der Waals surface area contributed by atoms with Gasteiger partial charge >= 0.3 is 0 Å². The molecule has 18 heavy (non-hydrogen) atoms. The maximum atomic E-state index is 11.8. The number of halogens is 1. The monoisotopic (exact) mass is 328 g/mol. The number of nitrogens with zero attached hydrogens (tertiary/aromatic N) is 3. The van der Waals surface area contributed by atoms with Crippen LogP contribution in [-0.4, -0.2) is 14.8 Å². The van der Waals surface area contributed by atoms with E-state index in [2.05, 4.69) is 31.3 Å².